The summed E-state index contributed by atoms with van der Waals surface area (Å²) in [5.74, 6) is 0.0246. The number of carbonyl (C=O) groups excluding carboxylic acids is 1. The lowest BCUT2D eigenvalue weighted by Gasteiger charge is -2.34. The van der Waals surface area contributed by atoms with Crippen molar-refractivity contribution < 1.29 is 4.79 Å². The minimum absolute atomic E-state index is 0.0246. The van der Waals surface area contributed by atoms with Crippen molar-refractivity contribution in [2.45, 2.75) is 25.8 Å². The molecule has 2 aromatic rings. The number of hydrogen-bond acceptors (Lipinski definition) is 4. The van der Waals surface area contributed by atoms with Crippen molar-refractivity contribution >= 4 is 17.2 Å². The zero-order valence-corrected chi connectivity index (χ0v) is 12.9. The summed E-state index contributed by atoms with van der Waals surface area (Å²) in [5, 5.41) is 2.78. The highest BCUT2D eigenvalue weighted by molar-refractivity contribution is 7.09. The van der Waals surface area contributed by atoms with E-state index in [1.165, 1.54) is 22.5 Å². The first-order valence-electron chi connectivity index (χ1n) is 7.24. The Kier molecular flexibility index (Phi) is 4.03. The molecule has 3 rings (SSSR count). The molecule has 1 unspecified atom stereocenters. The van der Waals surface area contributed by atoms with Crippen LogP contribution in [0.3, 0.4) is 0 Å². The molecule has 0 bridgehead atoms. The lowest BCUT2D eigenvalue weighted by atomic mass is 9.93. The highest BCUT2D eigenvalue weighted by atomic mass is 32.1. The maximum atomic E-state index is 12.7. The van der Waals surface area contributed by atoms with Gasteiger partial charge in [-0.1, -0.05) is 24.3 Å². The number of benzene rings is 1. The average molecular weight is 301 g/mol. The molecule has 0 aliphatic carbocycles. The number of thiazole rings is 1. The predicted molar refractivity (Wildman–Crippen MR) is 84.5 cm³/mol. The Morgan fingerprint density at radius 2 is 2.29 bits per heavy atom. The molecule has 1 aliphatic heterocycles. The zero-order valence-electron chi connectivity index (χ0n) is 12.1. The molecule has 1 aliphatic rings. The first kappa shape index (κ1) is 14.2. The fourth-order valence-electron chi connectivity index (χ4n) is 2.84. The fourth-order valence-corrected chi connectivity index (χ4v) is 3.63. The number of nitrogens with zero attached hydrogens (tertiary/aromatic N) is 2. The van der Waals surface area contributed by atoms with Gasteiger partial charge >= 0.3 is 0 Å². The number of carbonyl (C=O) groups is 1. The molecule has 1 atom stereocenters. The molecule has 1 aromatic carbocycles. The molecule has 0 spiro atoms. The highest BCUT2D eigenvalue weighted by Gasteiger charge is 2.29. The predicted octanol–water partition coefficient (Wildman–Crippen LogP) is 2.40. The number of amides is 1. The van der Waals surface area contributed by atoms with Gasteiger partial charge in [-0.2, -0.15) is 0 Å². The zero-order chi connectivity index (χ0) is 14.8. The SMILES string of the molecule is CC1c2ccccc2CCN1C(=O)c1csc(CCN)n1. The van der Waals surface area contributed by atoms with Crippen LogP contribution in [0.4, 0.5) is 0 Å². The second-order valence-electron chi connectivity index (χ2n) is 5.29. The summed E-state index contributed by atoms with van der Waals surface area (Å²) in [6, 6.07) is 8.45. The molecule has 2 N–H and O–H groups in total. The molecule has 4 nitrogen and oxygen atoms in total. The standard InChI is InChI=1S/C16H19N3OS/c1-11-13-5-3-2-4-12(13)7-9-19(11)16(20)14-10-21-15(18-14)6-8-17/h2-5,10-11H,6-9,17H2,1H3. The molecule has 0 radical (unpaired) electrons. The molecule has 110 valence electrons. The molecule has 1 aromatic heterocycles. The molecule has 2 heterocycles. The summed E-state index contributed by atoms with van der Waals surface area (Å²) < 4.78 is 0. The van der Waals surface area contributed by atoms with E-state index >= 15 is 0 Å². The van der Waals surface area contributed by atoms with E-state index in [9.17, 15) is 4.79 Å². The summed E-state index contributed by atoms with van der Waals surface area (Å²) in [5.41, 5.74) is 8.67. The molecular weight excluding hydrogens is 282 g/mol. The van der Waals surface area contributed by atoms with Gasteiger partial charge in [0, 0.05) is 18.3 Å². The lowest BCUT2D eigenvalue weighted by molar-refractivity contribution is 0.0672. The van der Waals surface area contributed by atoms with Crippen molar-refractivity contribution in [3.63, 3.8) is 0 Å². The van der Waals surface area contributed by atoms with E-state index in [1.807, 2.05) is 16.3 Å². The van der Waals surface area contributed by atoms with Crippen LogP contribution in [-0.2, 0) is 12.8 Å². The van der Waals surface area contributed by atoms with Gasteiger partial charge in [0.25, 0.3) is 5.91 Å². The third-order valence-corrected chi connectivity index (χ3v) is 4.89. The minimum atomic E-state index is 0.0246. The van der Waals surface area contributed by atoms with Crippen molar-refractivity contribution in [1.82, 2.24) is 9.88 Å². The Morgan fingerprint density at radius 3 is 3.10 bits per heavy atom. The number of nitrogens with two attached hydrogens (primary N) is 1. The smallest absolute Gasteiger partial charge is 0.273 e. The molecular formula is C16H19N3OS. The summed E-state index contributed by atoms with van der Waals surface area (Å²) in [7, 11) is 0. The molecule has 0 fully saturated rings. The van der Waals surface area contributed by atoms with Gasteiger partial charge in [0.15, 0.2) is 0 Å². The van der Waals surface area contributed by atoms with Crippen molar-refractivity contribution in [2.24, 2.45) is 5.73 Å². The maximum Gasteiger partial charge on any atom is 0.273 e. The van der Waals surface area contributed by atoms with E-state index in [2.05, 4.69) is 30.1 Å². The van der Waals surface area contributed by atoms with E-state index in [4.69, 9.17) is 5.73 Å². The normalized spacial score (nSPS) is 17.6. The van der Waals surface area contributed by atoms with Gasteiger partial charge in [-0.05, 0) is 31.0 Å². The summed E-state index contributed by atoms with van der Waals surface area (Å²) in [6.45, 7) is 3.40. The highest BCUT2D eigenvalue weighted by Crippen LogP contribution is 2.30. The summed E-state index contributed by atoms with van der Waals surface area (Å²) in [6.07, 6.45) is 1.64. The monoisotopic (exact) mass is 301 g/mol. The van der Waals surface area contributed by atoms with Crippen LogP contribution in [0, 0.1) is 0 Å². The number of aromatic nitrogens is 1. The third-order valence-electron chi connectivity index (χ3n) is 3.98. The number of fused-ring (bicyclic) bond motifs is 1. The Morgan fingerprint density at radius 1 is 1.48 bits per heavy atom. The van der Waals surface area contributed by atoms with Crippen molar-refractivity contribution in [3.05, 3.63) is 51.5 Å². The van der Waals surface area contributed by atoms with Gasteiger partial charge in [-0.15, -0.1) is 11.3 Å². The molecule has 0 saturated heterocycles. The first-order chi connectivity index (χ1) is 10.2. The quantitative estimate of drug-likeness (QED) is 0.947. The molecule has 5 heteroatoms. The molecule has 0 saturated carbocycles. The van der Waals surface area contributed by atoms with Gasteiger partial charge in [-0.25, -0.2) is 4.98 Å². The van der Waals surface area contributed by atoms with Crippen LogP contribution in [0.1, 0.15) is 39.6 Å². The van der Waals surface area contributed by atoms with Crippen LogP contribution < -0.4 is 5.73 Å². The van der Waals surface area contributed by atoms with E-state index in [-0.39, 0.29) is 11.9 Å². The van der Waals surface area contributed by atoms with Gasteiger partial charge < -0.3 is 10.6 Å². The van der Waals surface area contributed by atoms with Gasteiger partial charge in [0.1, 0.15) is 5.69 Å². The van der Waals surface area contributed by atoms with Crippen LogP contribution in [-0.4, -0.2) is 28.9 Å². The van der Waals surface area contributed by atoms with E-state index in [0.717, 1.165) is 24.4 Å². The van der Waals surface area contributed by atoms with Gasteiger partial charge in [0.2, 0.25) is 0 Å². The number of hydrogen-bond donors (Lipinski definition) is 1. The molecule has 21 heavy (non-hydrogen) atoms. The number of rotatable bonds is 3. The Hall–Kier alpha value is -1.72. The summed E-state index contributed by atoms with van der Waals surface area (Å²) in [4.78, 5) is 19.0. The van der Waals surface area contributed by atoms with Crippen LogP contribution >= 0.6 is 11.3 Å². The Bertz CT molecular complexity index is 652. The maximum absolute atomic E-state index is 12.7. The van der Waals surface area contributed by atoms with Crippen LogP contribution in [0.5, 0.6) is 0 Å². The second kappa shape index (κ2) is 5.95. The van der Waals surface area contributed by atoms with Crippen molar-refractivity contribution in [3.8, 4) is 0 Å². The minimum Gasteiger partial charge on any atom is -0.330 e. The van der Waals surface area contributed by atoms with Gasteiger partial charge in [0.05, 0.1) is 11.0 Å². The van der Waals surface area contributed by atoms with Crippen molar-refractivity contribution in [1.29, 1.82) is 0 Å². The molecule has 1 amide bonds. The van der Waals surface area contributed by atoms with Crippen molar-refractivity contribution in [2.75, 3.05) is 13.1 Å². The van der Waals surface area contributed by atoms with E-state index in [1.54, 1.807) is 0 Å². The van der Waals surface area contributed by atoms with Crippen LogP contribution in [0.15, 0.2) is 29.6 Å². The second-order valence-corrected chi connectivity index (χ2v) is 6.23. The van der Waals surface area contributed by atoms with E-state index in [0.29, 0.717) is 12.2 Å². The fraction of sp³-hybridized carbons (Fsp3) is 0.375. The topological polar surface area (TPSA) is 59.2 Å². The van der Waals surface area contributed by atoms with E-state index < -0.39 is 0 Å². The van der Waals surface area contributed by atoms with Crippen LogP contribution in [0.2, 0.25) is 0 Å². The largest absolute Gasteiger partial charge is 0.330 e. The average Bonchev–Trinajstić information content (AvgIpc) is 2.96. The van der Waals surface area contributed by atoms with Crippen LogP contribution in [0.25, 0.3) is 0 Å². The lowest BCUT2D eigenvalue weighted by Crippen LogP contribution is -2.39. The Labute approximate surface area is 128 Å². The first-order valence-corrected chi connectivity index (χ1v) is 8.12. The summed E-state index contributed by atoms with van der Waals surface area (Å²) >= 11 is 1.51. The van der Waals surface area contributed by atoms with Gasteiger partial charge in [-0.3, -0.25) is 4.79 Å². The Balaban J connectivity index is 1.82. The third kappa shape index (κ3) is 2.71.